The Hall–Kier alpha value is -1.06. The summed E-state index contributed by atoms with van der Waals surface area (Å²) in [6, 6.07) is 9.50. The van der Waals surface area contributed by atoms with Crippen molar-refractivity contribution < 1.29 is 4.74 Å². The Kier molecular flexibility index (Phi) is 3.27. The molecule has 1 saturated heterocycles. The van der Waals surface area contributed by atoms with Gasteiger partial charge in [-0.15, -0.1) is 0 Å². The number of hydrogen-bond donors (Lipinski definition) is 1. The highest BCUT2D eigenvalue weighted by Crippen LogP contribution is 2.36. The van der Waals surface area contributed by atoms with Gasteiger partial charge in [0.05, 0.1) is 13.2 Å². The Labute approximate surface area is 115 Å². The minimum Gasteiger partial charge on any atom is -0.379 e. The van der Waals surface area contributed by atoms with Crippen LogP contribution in [0.4, 0.5) is 5.69 Å². The van der Waals surface area contributed by atoms with Gasteiger partial charge in [-0.05, 0) is 31.4 Å². The fourth-order valence-electron chi connectivity index (χ4n) is 3.28. The Bertz CT molecular complexity index is 462. The van der Waals surface area contributed by atoms with Gasteiger partial charge in [-0.3, -0.25) is 0 Å². The Balaban J connectivity index is 1.88. The highest BCUT2D eigenvalue weighted by atomic mass is 16.5. The molecule has 0 aromatic heterocycles. The van der Waals surface area contributed by atoms with E-state index >= 15 is 0 Å². The van der Waals surface area contributed by atoms with E-state index in [0.29, 0.717) is 12.6 Å². The van der Waals surface area contributed by atoms with E-state index in [9.17, 15) is 0 Å². The SMILES string of the molecule is CC1CCc2ccccc2N1CC1(C)COCC1N. The molecule has 1 aromatic rings. The van der Waals surface area contributed by atoms with E-state index in [1.807, 2.05) is 0 Å². The zero-order chi connectivity index (χ0) is 13.5. The van der Waals surface area contributed by atoms with Gasteiger partial charge in [0.25, 0.3) is 0 Å². The van der Waals surface area contributed by atoms with Crippen molar-refractivity contribution in [2.75, 3.05) is 24.7 Å². The van der Waals surface area contributed by atoms with Gasteiger partial charge in [0.2, 0.25) is 0 Å². The predicted molar refractivity (Wildman–Crippen MR) is 78.5 cm³/mol. The second kappa shape index (κ2) is 4.80. The molecular formula is C16H24N2O. The van der Waals surface area contributed by atoms with E-state index in [4.69, 9.17) is 10.5 Å². The van der Waals surface area contributed by atoms with Crippen molar-refractivity contribution in [2.24, 2.45) is 11.1 Å². The first-order valence-electron chi connectivity index (χ1n) is 7.28. The maximum Gasteiger partial charge on any atom is 0.0624 e. The molecule has 0 radical (unpaired) electrons. The molecule has 2 heterocycles. The number of nitrogens with zero attached hydrogens (tertiary/aromatic N) is 1. The largest absolute Gasteiger partial charge is 0.379 e. The van der Waals surface area contributed by atoms with Gasteiger partial charge in [-0.2, -0.15) is 0 Å². The number of ether oxygens (including phenoxy) is 1. The molecule has 3 nitrogen and oxygen atoms in total. The molecule has 2 aliphatic heterocycles. The molecule has 0 bridgehead atoms. The smallest absolute Gasteiger partial charge is 0.0624 e. The molecule has 3 rings (SSSR count). The number of hydrogen-bond acceptors (Lipinski definition) is 3. The normalized spacial score (nSPS) is 34.4. The average Bonchev–Trinajstić information content (AvgIpc) is 2.73. The van der Waals surface area contributed by atoms with Crippen molar-refractivity contribution in [1.82, 2.24) is 0 Å². The maximum absolute atomic E-state index is 6.24. The lowest BCUT2D eigenvalue weighted by Crippen LogP contribution is -2.50. The topological polar surface area (TPSA) is 38.5 Å². The fourth-order valence-corrected chi connectivity index (χ4v) is 3.28. The van der Waals surface area contributed by atoms with Crippen LogP contribution >= 0.6 is 0 Å². The molecule has 2 aliphatic rings. The van der Waals surface area contributed by atoms with E-state index < -0.39 is 0 Å². The zero-order valence-corrected chi connectivity index (χ0v) is 11.9. The van der Waals surface area contributed by atoms with Crippen molar-refractivity contribution in [3.63, 3.8) is 0 Å². The minimum absolute atomic E-state index is 0.0682. The summed E-state index contributed by atoms with van der Waals surface area (Å²) in [5.74, 6) is 0. The molecule has 1 aromatic carbocycles. The number of fused-ring (bicyclic) bond motifs is 1. The first kappa shape index (κ1) is 12.9. The second-order valence-corrected chi connectivity index (χ2v) is 6.42. The quantitative estimate of drug-likeness (QED) is 0.886. The number of para-hydroxylation sites is 1. The van der Waals surface area contributed by atoms with Crippen LogP contribution in [0.25, 0.3) is 0 Å². The summed E-state index contributed by atoms with van der Waals surface area (Å²) in [5.41, 5.74) is 9.17. The molecule has 1 fully saturated rings. The van der Waals surface area contributed by atoms with E-state index in [2.05, 4.69) is 43.0 Å². The fraction of sp³-hybridized carbons (Fsp3) is 0.625. The van der Waals surface area contributed by atoms with Crippen molar-refractivity contribution in [3.05, 3.63) is 29.8 Å². The van der Waals surface area contributed by atoms with E-state index in [0.717, 1.165) is 13.2 Å². The van der Waals surface area contributed by atoms with Crippen LogP contribution in [0.5, 0.6) is 0 Å². The second-order valence-electron chi connectivity index (χ2n) is 6.42. The highest BCUT2D eigenvalue weighted by Gasteiger charge is 2.40. The zero-order valence-electron chi connectivity index (χ0n) is 11.9. The summed E-state index contributed by atoms with van der Waals surface area (Å²) in [4.78, 5) is 2.54. The van der Waals surface area contributed by atoms with E-state index in [1.165, 1.54) is 24.1 Å². The molecule has 0 amide bonds. The monoisotopic (exact) mass is 260 g/mol. The van der Waals surface area contributed by atoms with Crippen molar-refractivity contribution >= 4 is 5.69 Å². The van der Waals surface area contributed by atoms with Gasteiger partial charge in [0.15, 0.2) is 0 Å². The summed E-state index contributed by atoms with van der Waals surface area (Å²) in [6.07, 6.45) is 2.41. The van der Waals surface area contributed by atoms with Gasteiger partial charge in [0, 0.05) is 29.7 Å². The molecule has 3 atom stereocenters. The Morgan fingerprint density at radius 1 is 1.42 bits per heavy atom. The third kappa shape index (κ3) is 2.26. The predicted octanol–water partition coefficient (Wildman–Crippen LogP) is 2.19. The number of nitrogens with two attached hydrogens (primary N) is 1. The molecule has 19 heavy (non-hydrogen) atoms. The van der Waals surface area contributed by atoms with Crippen LogP contribution in [0.2, 0.25) is 0 Å². The van der Waals surface area contributed by atoms with Gasteiger partial charge in [0.1, 0.15) is 0 Å². The molecule has 0 spiro atoms. The van der Waals surface area contributed by atoms with Crippen LogP contribution in [-0.2, 0) is 11.2 Å². The van der Waals surface area contributed by atoms with Crippen LogP contribution in [0.1, 0.15) is 25.8 Å². The van der Waals surface area contributed by atoms with Gasteiger partial charge in [-0.25, -0.2) is 0 Å². The van der Waals surface area contributed by atoms with Crippen LogP contribution in [0, 0.1) is 5.41 Å². The minimum atomic E-state index is 0.0682. The first-order valence-corrected chi connectivity index (χ1v) is 7.28. The maximum atomic E-state index is 6.24. The summed E-state index contributed by atoms with van der Waals surface area (Å²) in [7, 11) is 0. The van der Waals surface area contributed by atoms with E-state index in [1.54, 1.807) is 0 Å². The summed E-state index contributed by atoms with van der Waals surface area (Å²) < 4.78 is 5.59. The molecule has 3 heteroatoms. The Morgan fingerprint density at radius 2 is 2.21 bits per heavy atom. The lowest BCUT2D eigenvalue weighted by molar-refractivity contribution is 0.160. The standard InChI is InChI=1S/C16H24N2O/c1-12-7-8-13-5-3-4-6-14(13)18(12)10-16(2)11-19-9-15(16)17/h3-6,12,15H,7-11,17H2,1-2H3. The van der Waals surface area contributed by atoms with Crippen molar-refractivity contribution in [3.8, 4) is 0 Å². The van der Waals surface area contributed by atoms with Crippen molar-refractivity contribution in [1.29, 1.82) is 0 Å². The summed E-state index contributed by atoms with van der Waals surface area (Å²) in [6.45, 7) is 7.04. The summed E-state index contributed by atoms with van der Waals surface area (Å²) >= 11 is 0. The third-order valence-electron chi connectivity index (χ3n) is 4.82. The van der Waals surface area contributed by atoms with E-state index in [-0.39, 0.29) is 11.5 Å². The molecule has 0 saturated carbocycles. The van der Waals surface area contributed by atoms with Gasteiger partial charge < -0.3 is 15.4 Å². The molecule has 2 N–H and O–H groups in total. The first-order chi connectivity index (χ1) is 9.10. The lowest BCUT2D eigenvalue weighted by Gasteiger charge is -2.42. The molecule has 104 valence electrons. The number of rotatable bonds is 2. The molecule has 3 unspecified atom stereocenters. The van der Waals surface area contributed by atoms with Crippen molar-refractivity contribution in [2.45, 2.75) is 38.8 Å². The van der Waals surface area contributed by atoms with Crippen LogP contribution in [0.3, 0.4) is 0 Å². The Morgan fingerprint density at radius 3 is 2.95 bits per heavy atom. The molecular weight excluding hydrogens is 236 g/mol. The van der Waals surface area contributed by atoms with Gasteiger partial charge in [-0.1, -0.05) is 25.1 Å². The summed E-state index contributed by atoms with van der Waals surface area (Å²) in [5, 5.41) is 0. The van der Waals surface area contributed by atoms with Crippen LogP contribution in [0.15, 0.2) is 24.3 Å². The number of benzene rings is 1. The average molecular weight is 260 g/mol. The molecule has 0 aliphatic carbocycles. The van der Waals surface area contributed by atoms with Gasteiger partial charge >= 0.3 is 0 Å². The van der Waals surface area contributed by atoms with Crippen LogP contribution in [-0.4, -0.2) is 31.8 Å². The van der Waals surface area contributed by atoms with Crippen LogP contribution < -0.4 is 10.6 Å². The highest BCUT2D eigenvalue weighted by molar-refractivity contribution is 5.56. The third-order valence-corrected chi connectivity index (χ3v) is 4.82. The number of anilines is 1. The number of aryl methyl sites for hydroxylation is 1. The lowest BCUT2D eigenvalue weighted by atomic mass is 9.83.